The highest BCUT2D eigenvalue weighted by atomic mass is 16.3. The molecule has 1 aliphatic heterocycles. The minimum absolute atomic E-state index is 0.0301. The van der Waals surface area contributed by atoms with Crippen LogP contribution in [0.3, 0.4) is 0 Å². The first-order chi connectivity index (χ1) is 13.9. The van der Waals surface area contributed by atoms with Gasteiger partial charge in [-0.25, -0.2) is 4.98 Å². The maximum atomic E-state index is 12.6. The lowest BCUT2D eigenvalue weighted by molar-refractivity contribution is -0.121. The number of nitrogens with zero attached hydrogens (tertiary/aromatic N) is 5. The van der Waals surface area contributed by atoms with Crippen molar-refractivity contribution in [3.05, 3.63) is 41.1 Å². The van der Waals surface area contributed by atoms with Gasteiger partial charge in [0.05, 0.1) is 12.7 Å². The molecule has 1 aliphatic rings. The van der Waals surface area contributed by atoms with Crippen LogP contribution in [0.2, 0.25) is 0 Å². The van der Waals surface area contributed by atoms with Crippen LogP contribution in [-0.2, 0) is 11.2 Å². The SMILES string of the molecule is Cc1nc2nc(N)nn2c(C)c1CC(=O)NC1CCN(C(=O)c2ccco2)CC1. The highest BCUT2D eigenvalue weighted by Gasteiger charge is 2.26. The number of carbonyl (C=O) groups is 2. The molecular formula is C19H23N7O3. The Morgan fingerprint density at radius 2 is 2.03 bits per heavy atom. The highest BCUT2D eigenvalue weighted by molar-refractivity contribution is 5.91. The molecule has 0 bridgehead atoms. The number of fused-ring (bicyclic) bond motifs is 1. The number of aromatic nitrogens is 4. The summed E-state index contributed by atoms with van der Waals surface area (Å²) in [6.45, 7) is 4.87. The van der Waals surface area contributed by atoms with E-state index in [1.54, 1.807) is 21.5 Å². The summed E-state index contributed by atoms with van der Waals surface area (Å²) in [5, 5.41) is 7.20. The number of anilines is 1. The fourth-order valence-electron chi connectivity index (χ4n) is 3.70. The van der Waals surface area contributed by atoms with Crippen LogP contribution in [-0.4, -0.2) is 55.4 Å². The smallest absolute Gasteiger partial charge is 0.289 e. The van der Waals surface area contributed by atoms with E-state index in [4.69, 9.17) is 10.2 Å². The average Bonchev–Trinajstić information content (AvgIpc) is 3.35. The number of likely N-dealkylation sites (tertiary alicyclic amines) is 1. The van der Waals surface area contributed by atoms with Gasteiger partial charge in [-0.2, -0.15) is 9.50 Å². The van der Waals surface area contributed by atoms with E-state index < -0.39 is 0 Å². The van der Waals surface area contributed by atoms with Gasteiger partial charge in [-0.1, -0.05) is 0 Å². The van der Waals surface area contributed by atoms with Crippen LogP contribution >= 0.6 is 0 Å². The first-order valence-electron chi connectivity index (χ1n) is 9.53. The molecule has 10 heteroatoms. The molecule has 3 aromatic heterocycles. The molecule has 0 radical (unpaired) electrons. The monoisotopic (exact) mass is 397 g/mol. The van der Waals surface area contributed by atoms with Gasteiger partial charge in [-0.05, 0) is 38.8 Å². The molecule has 4 heterocycles. The summed E-state index contributed by atoms with van der Waals surface area (Å²) in [5.41, 5.74) is 7.99. The number of hydrogen-bond donors (Lipinski definition) is 2. The molecule has 2 amide bonds. The topological polar surface area (TPSA) is 132 Å². The first-order valence-corrected chi connectivity index (χ1v) is 9.53. The molecule has 1 saturated heterocycles. The van der Waals surface area contributed by atoms with E-state index in [-0.39, 0.29) is 30.2 Å². The molecule has 4 rings (SSSR count). The Hall–Kier alpha value is -3.43. The summed E-state index contributed by atoms with van der Waals surface area (Å²) in [7, 11) is 0. The van der Waals surface area contributed by atoms with Crippen LogP contribution in [0.25, 0.3) is 5.78 Å². The normalized spacial score (nSPS) is 15.0. The van der Waals surface area contributed by atoms with Crippen LogP contribution < -0.4 is 11.1 Å². The molecule has 0 atom stereocenters. The predicted octanol–water partition coefficient (Wildman–Crippen LogP) is 0.880. The second-order valence-corrected chi connectivity index (χ2v) is 7.23. The van der Waals surface area contributed by atoms with E-state index in [0.29, 0.717) is 37.5 Å². The zero-order valence-corrected chi connectivity index (χ0v) is 16.4. The number of nitrogens with two attached hydrogens (primary N) is 1. The molecule has 0 aliphatic carbocycles. The number of hydrogen-bond acceptors (Lipinski definition) is 7. The van der Waals surface area contributed by atoms with Crippen LogP contribution in [0.15, 0.2) is 22.8 Å². The summed E-state index contributed by atoms with van der Waals surface area (Å²) in [5.74, 6) is 0.724. The Bertz CT molecular complexity index is 1050. The molecule has 10 nitrogen and oxygen atoms in total. The predicted molar refractivity (Wildman–Crippen MR) is 104 cm³/mol. The van der Waals surface area contributed by atoms with E-state index in [0.717, 1.165) is 17.0 Å². The summed E-state index contributed by atoms with van der Waals surface area (Å²) >= 11 is 0. The zero-order chi connectivity index (χ0) is 20.5. The van der Waals surface area contributed by atoms with Crippen LogP contribution in [0, 0.1) is 13.8 Å². The third-order valence-electron chi connectivity index (χ3n) is 5.28. The fraction of sp³-hybridized carbons (Fsp3) is 0.421. The van der Waals surface area contributed by atoms with Crippen LogP contribution in [0.5, 0.6) is 0 Å². The van der Waals surface area contributed by atoms with Crippen molar-refractivity contribution in [2.45, 2.75) is 39.2 Å². The number of amides is 2. The molecule has 1 fully saturated rings. The van der Waals surface area contributed by atoms with E-state index in [2.05, 4.69) is 20.4 Å². The molecule has 0 saturated carbocycles. The van der Waals surface area contributed by atoms with Crippen molar-refractivity contribution in [3.63, 3.8) is 0 Å². The lowest BCUT2D eigenvalue weighted by atomic mass is 10.0. The zero-order valence-electron chi connectivity index (χ0n) is 16.4. The molecule has 0 spiro atoms. The number of nitrogen functional groups attached to an aromatic ring is 1. The molecule has 152 valence electrons. The number of piperidine rings is 1. The van der Waals surface area contributed by atoms with E-state index in [1.165, 1.54) is 6.26 Å². The van der Waals surface area contributed by atoms with E-state index in [1.807, 2.05) is 13.8 Å². The lowest BCUT2D eigenvalue weighted by Crippen LogP contribution is -2.46. The van der Waals surface area contributed by atoms with Gasteiger partial charge in [0, 0.05) is 36.1 Å². The van der Waals surface area contributed by atoms with Crippen LogP contribution in [0.4, 0.5) is 5.95 Å². The first kappa shape index (κ1) is 18.9. The average molecular weight is 397 g/mol. The number of aryl methyl sites for hydroxylation is 2. The molecule has 0 aromatic carbocycles. The van der Waals surface area contributed by atoms with Crippen molar-refractivity contribution in [1.82, 2.24) is 29.8 Å². The second kappa shape index (κ2) is 7.53. The quantitative estimate of drug-likeness (QED) is 0.668. The minimum Gasteiger partial charge on any atom is -0.459 e. The van der Waals surface area contributed by atoms with Gasteiger partial charge in [-0.15, -0.1) is 5.10 Å². The maximum absolute atomic E-state index is 12.6. The van der Waals surface area contributed by atoms with Crippen LogP contribution in [0.1, 0.15) is 40.3 Å². The van der Waals surface area contributed by atoms with Crippen molar-refractivity contribution in [1.29, 1.82) is 0 Å². The third kappa shape index (κ3) is 3.78. The molecular weight excluding hydrogens is 374 g/mol. The Labute approximate surface area is 167 Å². The fourth-order valence-corrected chi connectivity index (χ4v) is 3.70. The highest BCUT2D eigenvalue weighted by Crippen LogP contribution is 2.17. The number of carbonyl (C=O) groups excluding carboxylic acids is 2. The van der Waals surface area contributed by atoms with Gasteiger partial charge in [0.2, 0.25) is 11.9 Å². The summed E-state index contributed by atoms with van der Waals surface area (Å²) in [6.07, 6.45) is 3.09. The minimum atomic E-state index is -0.113. The lowest BCUT2D eigenvalue weighted by Gasteiger charge is -2.32. The van der Waals surface area contributed by atoms with Crippen molar-refractivity contribution in [3.8, 4) is 0 Å². The Balaban J connectivity index is 1.36. The van der Waals surface area contributed by atoms with Gasteiger partial charge in [0.25, 0.3) is 11.7 Å². The Morgan fingerprint density at radius 1 is 1.28 bits per heavy atom. The molecule has 3 N–H and O–H groups in total. The van der Waals surface area contributed by atoms with Crippen molar-refractivity contribution < 1.29 is 14.0 Å². The van der Waals surface area contributed by atoms with Gasteiger partial charge >= 0.3 is 0 Å². The van der Waals surface area contributed by atoms with Gasteiger partial charge < -0.3 is 20.4 Å². The third-order valence-corrected chi connectivity index (χ3v) is 5.28. The Kier molecular flexibility index (Phi) is 4.91. The van der Waals surface area contributed by atoms with E-state index in [9.17, 15) is 9.59 Å². The molecule has 29 heavy (non-hydrogen) atoms. The maximum Gasteiger partial charge on any atom is 0.289 e. The second-order valence-electron chi connectivity index (χ2n) is 7.23. The van der Waals surface area contributed by atoms with E-state index >= 15 is 0 Å². The molecule has 3 aromatic rings. The van der Waals surface area contributed by atoms with Gasteiger partial charge in [0.1, 0.15) is 0 Å². The van der Waals surface area contributed by atoms with Gasteiger partial charge in [0.15, 0.2) is 5.76 Å². The summed E-state index contributed by atoms with van der Waals surface area (Å²) in [4.78, 5) is 35.2. The van der Waals surface area contributed by atoms with Crippen molar-refractivity contribution in [2.24, 2.45) is 0 Å². The molecule has 0 unspecified atom stereocenters. The summed E-state index contributed by atoms with van der Waals surface area (Å²) < 4.78 is 6.73. The summed E-state index contributed by atoms with van der Waals surface area (Å²) in [6, 6.07) is 3.39. The largest absolute Gasteiger partial charge is 0.459 e. The van der Waals surface area contributed by atoms with Gasteiger partial charge in [-0.3, -0.25) is 9.59 Å². The number of furan rings is 1. The van der Waals surface area contributed by atoms with Crippen molar-refractivity contribution >= 4 is 23.5 Å². The number of nitrogens with one attached hydrogen (secondary N) is 1. The Morgan fingerprint density at radius 3 is 2.72 bits per heavy atom. The number of rotatable bonds is 4. The van der Waals surface area contributed by atoms with Crippen molar-refractivity contribution in [2.75, 3.05) is 18.8 Å². The standard InChI is InChI=1S/C19H23N7O3/c1-11-14(12(2)26-19(21-11)23-18(20)24-26)10-16(27)22-13-5-7-25(8-6-13)17(28)15-4-3-9-29-15/h3-4,9,13H,5-8,10H2,1-2H3,(H2,20,24)(H,22,27).